The van der Waals surface area contributed by atoms with E-state index in [2.05, 4.69) is 28.5 Å². The molecule has 5 aliphatic heterocycles. The summed E-state index contributed by atoms with van der Waals surface area (Å²) < 4.78 is 22.8. The van der Waals surface area contributed by atoms with Gasteiger partial charge in [-0.05, 0) is 94.7 Å². The van der Waals surface area contributed by atoms with E-state index in [0.29, 0.717) is 49.1 Å². The number of benzene rings is 1. The van der Waals surface area contributed by atoms with Gasteiger partial charge in [-0.25, -0.2) is 9.38 Å². The summed E-state index contributed by atoms with van der Waals surface area (Å²) in [4.78, 5) is 28.8. The van der Waals surface area contributed by atoms with Crippen LogP contribution in [0.1, 0.15) is 62.1 Å². The van der Waals surface area contributed by atoms with Crippen LogP contribution in [0.3, 0.4) is 0 Å². The first-order chi connectivity index (χ1) is 21.4. The van der Waals surface area contributed by atoms with Crippen LogP contribution in [0.4, 0.5) is 4.39 Å². The van der Waals surface area contributed by atoms with Crippen molar-refractivity contribution < 1.29 is 13.9 Å². The van der Waals surface area contributed by atoms with Gasteiger partial charge in [0.05, 0.1) is 11.5 Å². The van der Waals surface area contributed by atoms with Crippen LogP contribution >= 0.6 is 0 Å². The molecule has 0 radical (unpaired) electrons. The number of allylic oxidation sites excluding steroid dienone is 1. The van der Waals surface area contributed by atoms with E-state index in [9.17, 15) is 10.1 Å². The van der Waals surface area contributed by atoms with E-state index in [1.165, 1.54) is 17.2 Å². The summed E-state index contributed by atoms with van der Waals surface area (Å²) in [5.41, 5.74) is 4.68. The van der Waals surface area contributed by atoms with Gasteiger partial charge in [-0.1, -0.05) is 24.8 Å². The molecule has 3 saturated heterocycles. The van der Waals surface area contributed by atoms with E-state index in [1.54, 1.807) is 11.0 Å². The molecular weight excluding hydrogens is 555 g/mol. The minimum Gasteiger partial charge on any atom is -0.475 e. The lowest BCUT2D eigenvalue weighted by molar-refractivity contribution is -0.128. The Labute approximate surface area is 259 Å². The van der Waals surface area contributed by atoms with E-state index in [0.717, 1.165) is 70.0 Å². The van der Waals surface area contributed by atoms with Crippen molar-refractivity contribution in [1.82, 2.24) is 14.7 Å². The first kappa shape index (κ1) is 29.0. The second-order valence-corrected chi connectivity index (χ2v) is 13.1. The average Bonchev–Trinajstić information content (AvgIpc) is 3.63. The van der Waals surface area contributed by atoms with Gasteiger partial charge in [-0.3, -0.25) is 14.7 Å². The standard InChI is InChI=1S/C35H41FN6O2/c1-3-30(43)40-17-18-42(23(2)21-40)32-27-19-29(36)31(26-12-6-10-24-9-4-5-11-25(24)26)38-33(27)39-34(28(32)20-37)44-22-35-13-7-15-41(35)16-8-14-35/h3,6,10,12,19,23,27,33H,1,4-5,7-9,11,13-18,21-22H2,2H3/t23-,27?,33?/m0/s1. The number of ether oxygens (including phenoxy) is 1. The molecule has 0 N–H and O–H groups in total. The number of fused-ring (bicyclic) bond motifs is 3. The molecule has 8 nitrogen and oxygen atoms in total. The zero-order chi connectivity index (χ0) is 30.4. The molecule has 0 aromatic heterocycles. The number of amides is 1. The lowest BCUT2D eigenvalue weighted by Gasteiger charge is -2.45. The second kappa shape index (κ2) is 11.6. The molecule has 1 aliphatic carbocycles. The Morgan fingerprint density at radius 1 is 1.16 bits per heavy atom. The lowest BCUT2D eigenvalue weighted by Crippen LogP contribution is -2.55. The van der Waals surface area contributed by atoms with Gasteiger partial charge in [0.25, 0.3) is 0 Å². The molecule has 0 bridgehead atoms. The fraction of sp³-hybridized carbons (Fsp3) is 0.543. The lowest BCUT2D eigenvalue weighted by atomic mass is 9.84. The number of halogens is 1. The minimum absolute atomic E-state index is 0.0137. The number of nitrogens with zero attached hydrogens (tertiary/aromatic N) is 6. The van der Waals surface area contributed by atoms with Crippen LogP contribution in [-0.4, -0.2) is 89.3 Å². The zero-order valence-corrected chi connectivity index (χ0v) is 25.6. The van der Waals surface area contributed by atoms with Gasteiger partial charge in [-0.2, -0.15) is 5.26 Å². The Balaban J connectivity index is 1.27. The molecule has 3 atom stereocenters. The van der Waals surface area contributed by atoms with E-state index in [-0.39, 0.29) is 23.3 Å². The molecule has 44 heavy (non-hydrogen) atoms. The maximum atomic E-state index is 16.2. The molecule has 0 spiro atoms. The van der Waals surface area contributed by atoms with Gasteiger partial charge in [0.2, 0.25) is 11.8 Å². The Hall–Kier alpha value is -3.77. The van der Waals surface area contributed by atoms with Gasteiger partial charge in [0.15, 0.2) is 6.17 Å². The summed E-state index contributed by atoms with van der Waals surface area (Å²) in [6, 6.07) is 8.42. The Bertz CT molecular complexity index is 1530. The third-order valence-corrected chi connectivity index (χ3v) is 10.6. The largest absolute Gasteiger partial charge is 0.475 e. The van der Waals surface area contributed by atoms with E-state index >= 15 is 4.39 Å². The maximum absolute atomic E-state index is 16.2. The Morgan fingerprint density at radius 2 is 1.95 bits per heavy atom. The molecule has 7 rings (SSSR count). The predicted molar refractivity (Wildman–Crippen MR) is 168 cm³/mol. The van der Waals surface area contributed by atoms with Crippen molar-refractivity contribution in [3.05, 3.63) is 70.7 Å². The number of nitriles is 1. The SMILES string of the molecule is C=CC(=O)N1CCN(C2=C(C#N)C(OCC34CCCN3CCC4)=NC3N=C(c4cccc5c4CCCC5)C(F)=CC23)[C@@H](C)C1. The van der Waals surface area contributed by atoms with Crippen molar-refractivity contribution >= 4 is 17.5 Å². The smallest absolute Gasteiger partial charge is 0.246 e. The highest BCUT2D eigenvalue weighted by molar-refractivity contribution is 6.13. The highest BCUT2D eigenvalue weighted by Gasteiger charge is 2.47. The number of hydrogen-bond donors (Lipinski definition) is 0. The van der Waals surface area contributed by atoms with Crippen molar-refractivity contribution in [3.8, 4) is 6.07 Å². The van der Waals surface area contributed by atoms with Crippen LogP contribution in [0.25, 0.3) is 0 Å². The summed E-state index contributed by atoms with van der Waals surface area (Å²) >= 11 is 0. The number of aliphatic imine (C=N–C) groups is 2. The van der Waals surface area contributed by atoms with Crippen LogP contribution < -0.4 is 0 Å². The molecule has 1 aromatic rings. The first-order valence-corrected chi connectivity index (χ1v) is 16.3. The Kier molecular flexibility index (Phi) is 7.65. The molecule has 1 aromatic carbocycles. The fourth-order valence-corrected chi connectivity index (χ4v) is 8.45. The van der Waals surface area contributed by atoms with Crippen molar-refractivity contribution in [1.29, 1.82) is 5.26 Å². The molecule has 2 unspecified atom stereocenters. The van der Waals surface area contributed by atoms with Crippen molar-refractivity contribution in [2.45, 2.75) is 76.0 Å². The number of dihydropyridines is 2. The molecule has 9 heteroatoms. The molecule has 1 amide bonds. The zero-order valence-electron chi connectivity index (χ0n) is 25.6. The molecule has 3 fully saturated rings. The van der Waals surface area contributed by atoms with Crippen LogP contribution in [0.5, 0.6) is 0 Å². The summed E-state index contributed by atoms with van der Waals surface area (Å²) in [7, 11) is 0. The maximum Gasteiger partial charge on any atom is 0.246 e. The third kappa shape index (κ3) is 4.88. The topological polar surface area (TPSA) is 84.5 Å². The van der Waals surface area contributed by atoms with E-state index < -0.39 is 12.1 Å². The van der Waals surface area contributed by atoms with E-state index in [1.807, 2.05) is 19.1 Å². The minimum atomic E-state index is -0.646. The van der Waals surface area contributed by atoms with Gasteiger partial charge >= 0.3 is 0 Å². The highest BCUT2D eigenvalue weighted by atomic mass is 19.1. The van der Waals surface area contributed by atoms with Crippen LogP contribution in [-0.2, 0) is 22.4 Å². The van der Waals surface area contributed by atoms with Gasteiger partial charge in [0.1, 0.15) is 29.8 Å². The molecule has 6 aliphatic rings. The van der Waals surface area contributed by atoms with Crippen LogP contribution in [0.2, 0.25) is 0 Å². The monoisotopic (exact) mass is 596 g/mol. The number of aryl methyl sites for hydroxylation is 1. The van der Waals surface area contributed by atoms with Gasteiger partial charge in [-0.15, -0.1) is 0 Å². The van der Waals surface area contributed by atoms with Crippen molar-refractivity contribution in [2.24, 2.45) is 15.9 Å². The number of carbonyl (C=O) groups is 1. The van der Waals surface area contributed by atoms with Gasteiger partial charge in [0, 0.05) is 36.9 Å². The summed E-state index contributed by atoms with van der Waals surface area (Å²) in [5, 5.41) is 10.6. The average molecular weight is 597 g/mol. The van der Waals surface area contributed by atoms with Crippen molar-refractivity contribution in [2.75, 3.05) is 39.3 Å². The molecule has 230 valence electrons. The van der Waals surface area contributed by atoms with E-state index in [4.69, 9.17) is 14.7 Å². The highest BCUT2D eigenvalue weighted by Crippen LogP contribution is 2.42. The van der Waals surface area contributed by atoms with Crippen LogP contribution in [0, 0.1) is 17.2 Å². The quantitative estimate of drug-likeness (QED) is 0.460. The molecule has 5 heterocycles. The summed E-state index contributed by atoms with van der Waals surface area (Å²) in [5.74, 6) is -0.724. The summed E-state index contributed by atoms with van der Waals surface area (Å²) in [6.07, 6.45) is 10.9. The normalized spacial score (nSPS) is 27.8. The molecule has 0 saturated carbocycles. The summed E-state index contributed by atoms with van der Waals surface area (Å²) in [6.45, 7) is 9.79. The molecular formula is C35H41FN6O2. The number of hydrogen-bond acceptors (Lipinski definition) is 7. The first-order valence-electron chi connectivity index (χ1n) is 16.3. The predicted octanol–water partition coefficient (Wildman–Crippen LogP) is 4.72. The Morgan fingerprint density at radius 3 is 2.70 bits per heavy atom. The fourth-order valence-electron chi connectivity index (χ4n) is 8.45. The number of carbonyl (C=O) groups excluding carboxylic acids is 1. The number of piperazine rings is 1. The van der Waals surface area contributed by atoms with Crippen molar-refractivity contribution in [3.63, 3.8) is 0 Å². The second-order valence-electron chi connectivity index (χ2n) is 13.1. The van der Waals surface area contributed by atoms with Gasteiger partial charge < -0.3 is 14.5 Å². The van der Waals surface area contributed by atoms with Crippen LogP contribution in [0.15, 0.2) is 64.0 Å². The third-order valence-electron chi connectivity index (χ3n) is 10.6. The number of rotatable bonds is 5.